The predicted octanol–water partition coefficient (Wildman–Crippen LogP) is 15.7. The van der Waals surface area contributed by atoms with Gasteiger partial charge in [0.2, 0.25) is 0 Å². The molecule has 0 amide bonds. The van der Waals surface area contributed by atoms with Crippen LogP contribution in [0.4, 0.5) is 0 Å². The summed E-state index contributed by atoms with van der Waals surface area (Å²) in [7, 11) is 0. The summed E-state index contributed by atoms with van der Waals surface area (Å²) in [5.74, 6) is 0. The van der Waals surface area contributed by atoms with E-state index in [0.717, 1.165) is 16.9 Å². The minimum absolute atomic E-state index is 1.11. The zero-order chi connectivity index (χ0) is 39.6. The summed E-state index contributed by atoms with van der Waals surface area (Å²) in [6.07, 6.45) is 0. The number of fused-ring (bicyclic) bond motifs is 6. The molecule has 12 rings (SSSR count). The van der Waals surface area contributed by atoms with Crippen LogP contribution in [0.15, 0.2) is 231 Å². The van der Waals surface area contributed by atoms with Crippen molar-refractivity contribution in [3.8, 4) is 56.0 Å². The van der Waals surface area contributed by atoms with E-state index in [1.165, 1.54) is 93.4 Å². The summed E-state index contributed by atoms with van der Waals surface area (Å²) in [6.45, 7) is 0. The van der Waals surface area contributed by atoms with E-state index in [4.69, 9.17) is 0 Å². The van der Waals surface area contributed by atoms with Crippen LogP contribution in [0.5, 0.6) is 0 Å². The molecule has 0 radical (unpaired) electrons. The Labute approximate surface area is 348 Å². The first-order valence-electron chi connectivity index (χ1n) is 20.7. The molecule has 0 aliphatic carbocycles. The van der Waals surface area contributed by atoms with Gasteiger partial charge >= 0.3 is 0 Å². The molecular formula is C58H38N2. The molecule has 0 saturated heterocycles. The lowest BCUT2D eigenvalue weighted by atomic mass is 9.85. The molecule has 0 atom stereocenters. The lowest BCUT2D eigenvalue weighted by Gasteiger charge is -2.19. The number of nitrogens with zero attached hydrogens (tertiary/aromatic N) is 2. The number of benzene rings is 10. The molecular weight excluding hydrogens is 725 g/mol. The van der Waals surface area contributed by atoms with E-state index in [0.29, 0.717) is 0 Å². The summed E-state index contributed by atoms with van der Waals surface area (Å²) in [6, 6.07) is 84.3. The number of para-hydroxylation sites is 2. The maximum absolute atomic E-state index is 2.51. The van der Waals surface area contributed by atoms with Crippen LogP contribution in [0, 0.1) is 0 Å². The van der Waals surface area contributed by atoms with Crippen LogP contribution < -0.4 is 0 Å². The van der Waals surface area contributed by atoms with E-state index in [1.807, 2.05) is 0 Å². The first-order chi connectivity index (χ1) is 29.8. The van der Waals surface area contributed by atoms with Gasteiger partial charge in [-0.25, -0.2) is 0 Å². The van der Waals surface area contributed by atoms with Crippen molar-refractivity contribution in [3.63, 3.8) is 0 Å². The zero-order valence-corrected chi connectivity index (χ0v) is 32.8. The average molecular weight is 763 g/mol. The molecule has 0 fully saturated rings. The molecule has 12 aromatic rings. The van der Waals surface area contributed by atoms with Crippen molar-refractivity contribution in [1.29, 1.82) is 0 Å². The van der Waals surface area contributed by atoms with Crippen molar-refractivity contribution >= 4 is 54.3 Å². The highest BCUT2D eigenvalue weighted by molar-refractivity contribution is 6.25. The van der Waals surface area contributed by atoms with E-state index < -0.39 is 0 Å². The van der Waals surface area contributed by atoms with Crippen LogP contribution >= 0.6 is 0 Å². The third-order valence-corrected chi connectivity index (χ3v) is 12.3. The molecule has 0 unspecified atom stereocenters. The first kappa shape index (κ1) is 34.1. The molecule has 2 heterocycles. The lowest BCUT2D eigenvalue weighted by Crippen LogP contribution is -2.00. The Morgan fingerprint density at radius 3 is 1.07 bits per heavy atom. The highest BCUT2D eigenvalue weighted by Crippen LogP contribution is 2.49. The van der Waals surface area contributed by atoms with E-state index in [1.54, 1.807) is 0 Å². The minimum Gasteiger partial charge on any atom is -0.309 e. The molecule has 0 saturated carbocycles. The van der Waals surface area contributed by atoms with Gasteiger partial charge < -0.3 is 9.13 Å². The van der Waals surface area contributed by atoms with Crippen molar-refractivity contribution in [3.05, 3.63) is 231 Å². The van der Waals surface area contributed by atoms with Gasteiger partial charge in [0.25, 0.3) is 0 Å². The Bertz CT molecular complexity index is 3490. The summed E-state index contributed by atoms with van der Waals surface area (Å²) in [5, 5.41) is 8.69. The zero-order valence-electron chi connectivity index (χ0n) is 32.8. The molecule has 2 nitrogen and oxygen atoms in total. The van der Waals surface area contributed by atoms with E-state index >= 15 is 0 Å². The number of aromatic nitrogens is 2. The van der Waals surface area contributed by atoms with Gasteiger partial charge in [-0.3, -0.25) is 0 Å². The standard InChI is InChI=1S/C58H38N2/c1-5-19-39(20-6-1)55-47-29-13-14-30-48(47)56(40-21-7-2-8-22-40)50-38-54-51(37-49(50)55)57(41-23-9-3-10-24-41)58(42-25-11-4-12-26-42)60(54)44-35-33-43(34-36-44)59-52-31-17-15-27-45(52)46-28-16-18-32-53(46)59/h1-38H. The summed E-state index contributed by atoms with van der Waals surface area (Å²) >= 11 is 0. The molecule has 0 bridgehead atoms. The summed E-state index contributed by atoms with van der Waals surface area (Å²) in [5.41, 5.74) is 15.5. The van der Waals surface area contributed by atoms with Gasteiger partial charge in [-0.05, 0) is 103 Å². The second-order valence-corrected chi connectivity index (χ2v) is 15.6. The second-order valence-electron chi connectivity index (χ2n) is 15.6. The van der Waals surface area contributed by atoms with Crippen LogP contribution in [0.25, 0.3) is 110 Å². The fraction of sp³-hybridized carbons (Fsp3) is 0. The Balaban J connectivity index is 1.23. The monoisotopic (exact) mass is 762 g/mol. The number of hydrogen-bond donors (Lipinski definition) is 0. The van der Waals surface area contributed by atoms with E-state index in [-0.39, 0.29) is 0 Å². The summed E-state index contributed by atoms with van der Waals surface area (Å²) in [4.78, 5) is 0. The third-order valence-electron chi connectivity index (χ3n) is 12.3. The van der Waals surface area contributed by atoms with Gasteiger partial charge in [0, 0.05) is 33.1 Å². The average Bonchev–Trinajstić information content (AvgIpc) is 3.84. The summed E-state index contributed by atoms with van der Waals surface area (Å²) < 4.78 is 4.90. The Morgan fingerprint density at radius 2 is 0.583 bits per heavy atom. The maximum atomic E-state index is 2.51. The van der Waals surface area contributed by atoms with E-state index in [9.17, 15) is 0 Å². The fourth-order valence-electron chi connectivity index (χ4n) is 9.77. The minimum atomic E-state index is 1.11. The van der Waals surface area contributed by atoms with Crippen LogP contribution in [-0.2, 0) is 0 Å². The van der Waals surface area contributed by atoms with Crippen LogP contribution in [0.1, 0.15) is 0 Å². The molecule has 0 spiro atoms. The van der Waals surface area contributed by atoms with E-state index in [2.05, 4.69) is 240 Å². The van der Waals surface area contributed by atoms with Crippen molar-refractivity contribution < 1.29 is 0 Å². The maximum Gasteiger partial charge on any atom is 0.0619 e. The smallest absolute Gasteiger partial charge is 0.0619 e. The molecule has 60 heavy (non-hydrogen) atoms. The Morgan fingerprint density at radius 1 is 0.217 bits per heavy atom. The van der Waals surface area contributed by atoms with Gasteiger partial charge in [0.1, 0.15) is 0 Å². The predicted molar refractivity (Wildman–Crippen MR) is 254 cm³/mol. The number of rotatable bonds is 6. The topological polar surface area (TPSA) is 9.86 Å². The van der Waals surface area contributed by atoms with Gasteiger partial charge in [-0.1, -0.05) is 182 Å². The normalized spacial score (nSPS) is 11.7. The highest BCUT2D eigenvalue weighted by Gasteiger charge is 2.25. The SMILES string of the molecule is c1ccc(-c2c3ccccc3c(-c3ccccc3)c3cc4c(cc23)c(-c2ccccc2)c(-c2ccccc2)n4-c2ccc(-n3c4ccccc4c4ccccc43)cc2)cc1. The lowest BCUT2D eigenvalue weighted by molar-refractivity contribution is 1.12. The number of hydrogen-bond acceptors (Lipinski definition) is 0. The largest absolute Gasteiger partial charge is 0.309 e. The van der Waals surface area contributed by atoms with Crippen molar-refractivity contribution in [2.24, 2.45) is 0 Å². The molecule has 0 aliphatic heterocycles. The van der Waals surface area contributed by atoms with Crippen molar-refractivity contribution in [1.82, 2.24) is 9.13 Å². The highest BCUT2D eigenvalue weighted by atomic mass is 15.0. The molecule has 10 aromatic carbocycles. The van der Waals surface area contributed by atoms with Crippen LogP contribution in [-0.4, -0.2) is 9.13 Å². The molecule has 0 N–H and O–H groups in total. The third kappa shape index (κ3) is 5.28. The van der Waals surface area contributed by atoms with Gasteiger partial charge in [-0.2, -0.15) is 0 Å². The first-order valence-corrected chi connectivity index (χ1v) is 20.7. The molecule has 2 aromatic heterocycles. The van der Waals surface area contributed by atoms with Crippen LogP contribution in [0.3, 0.4) is 0 Å². The Kier molecular flexibility index (Phi) is 7.89. The molecule has 280 valence electrons. The fourth-order valence-corrected chi connectivity index (χ4v) is 9.77. The van der Waals surface area contributed by atoms with Crippen molar-refractivity contribution in [2.75, 3.05) is 0 Å². The second kappa shape index (κ2) is 13.9. The quantitative estimate of drug-likeness (QED) is 0.149. The van der Waals surface area contributed by atoms with Gasteiger partial charge in [0.15, 0.2) is 0 Å². The molecule has 2 heteroatoms. The Hall–Kier alpha value is -7.94. The van der Waals surface area contributed by atoms with Gasteiger partial charge in [-0.15, -0.1) is 0 Å². The molecule has 0 aliphatic rings. The van der Waals surface area contributed by atoms with Crippen LogP contribution in [0.2, 0.25) is 0 Å². The van der Waals surface area contributed by atoms with Gasteiger partial charge in [0.05, 0.1) is 22.2 Å². The van der Waals surface area contributed by atoms with Crippen molar-refractivity contribution in [2.45, 2.75) is 0 Å².